The van der Waals surface area contributed by atoms with Gasteiger partial charge in [-0.2, -0.15) is 13.2 Å². The van der Waals surface area contributed by atoms with E-state index in [-0.39, 0.29) is 16.8 Å². The molecule has 9 heteroatoms. The molecule has 0 saturated carbocycles. The fourth-order valence-electron chi connectivity index (χ4n) is 3.94. The van der Waals surface area contributed by atoms with Crippen LogP contribution in [0.5, 0.6) is 0 Å². The topological polar surface area (TPSA) is 60.9 Å². The van der Waals surface area contributed by atoms with Gasteiger partial charge in [-0.1, -0.05) is 12.1 Å². The van der Waals surface area contributed by atoms with Crippen LogP contribution in [0.15, 0.2) is 78.4 Å². The van der Waals surface area contributed by atoms with Crippen LogP contribution in [-0.4, -0.2) is 30.9 Å². The third-order valence-corrected chi connectivity index (χ3v) is 5.76. The van der Waals surface area contributed by atoms with Crippen LogP contribution in [0.25, 0.3) is 5.76 Å². The molecule has 1 fully saturated rings. The zero-order valence-corrected chi connectivity index (χ0v) is 18.7. The normalized spacial score (nSPS) is 17.7. The molecule has 1 amide bonds. The van der Waals surface area contributed by atoms with Crippen molar-refractivity contribution < 1.29 is 32.3 Å². The SMILES string of the molecule is CN(C)c1ccc(C2/C(=C(\O)c3ccc(F)cc3)C(=O)C(=O)N2c2ccc(C(F)(F)F)cc2)cc1. The van der Waals surface area contributed by atoms with Crippen LogP contribution >= 0.6 is 0 Å². The number of Topliss-reactive ketones (excluding diaryl/α,β-unsaturated/α-hetero) is 1. The van der Waals surface area contributed by atoms with Gasteiger partial charge in [-0.25, -0.2) is 4.39 Å². The summed E-state index contributed by atoms with van der Waals surface area (Å²) in [7, 11) is 3.66. The van der Waals surface area contributed by atoms with Crippen molar-refractivity contribution in [1.29, 1.82) is 0 Å². The van der Waals surface area contributed by atoms with Gasteiger partial charge < -0.3 is 10.0 Å². The van der Waals surface area contributed by atoms with E-state index in [0.29, 0.717) is 5.56 Å². The first kappa shape index (κ1) is 24.0. The van der Waals surface area contributed by atoms with E-state index in [1.54, 1.807) is 24.3 Å². The average molecular weight is 484 g/mol. The molecule has 0 radical (unpaired) electrons. The van der Waals surface area contributed by atoms with Crippen LogP contribution in [0, 0.1) is 5.82 Å². The van der Waals surface area contributed by atoms with Crippen molar-refractivity contribution in [2.24, 2.45) is 0 Å². The van der Waals surface area contributed by atoms with E-state index < -0.39 is 41.0 Å². The molecule has 0 aliphatic carbocycles. The van der Waals surface area contributed by atoms with Crippen molar-refractivity contribution in [3.63, 3.8) is 0 Å². The molecule has 1 aliphatic rings. The Balaban J connectivity index is 1.89. The first-order valence-corrected chi connectivity index (χ1v) is 10.5. The lowest BCUT2D eigenvalue weighted by molar-refractivity contribution is -0.137. The summed E-state index contributed by atoms with van der Waals surface area (Å²) in [6.45, 7) is 0. The molecule has 1 atom stereocenters. The van der Waals surface area contributed by atoms with E-state index in [0.717, 1.165) is 47.0 Å². The van der Waals surface area contributed by atoms with Gasteiger partial charge in [0.05, 0.1) is 17.2 Å². The van der Waals surface area contributed by atoms with Crippen LogP contribution in [0.2, 0.25) is 0 Å². The van der Waals surface area contributed by atoms with Gasteiger partial charge in [0, 0.05) is 31.0 Å². The zero-order valence-electron chi connectivity index (χ0n) is 18.7. The number of benzene rings is 3. The van der Waals surface area contributed by atoms with Crippen LogP contribution < -0.4 is 9.80 Å². The number of nitrogens with zero attached hydrogens (tertiary/aromatic N) is 2. The third-order valence-electron chi connectivity index (χ3n) is 5.76. The number of hydrogen-bond acceptors (Lipinski definition) is 4. The second kappa shape index (κ2) is 8.90. The van der Waals surface area contributed by atoms with Gasteiger partial charge in [0.2, 0.25) is 0 Å². The summed E-state index contributed by atoms with van der Waals surface area (Å²) in [6.07, 6.45) is -4.57. The van der Waals surface area contributed by atoms with Crippen molar-refractivity contribution in [2.45, 2.75) is 12.2 Å². The number of aliphatic hydroxyl groups is 1. The highest BCUT2D eigenvalue weighted by atomic mass is 19.4. The second-order valence-electron chi connectivity index (χ2n) is 8.21. The molecule has 0 spiro atoms. The summed E-state index contributed by atoms with van der Waals surface area (Å²) >= 11 is 0. The minimum Gasteiger partial charge on any atom is -0.507 e. The second-order valence-corrected chi connectivity index (χ2v) is 8.21. The molecule has 180 valence electrons. The van der Waals surface area contributed by atoms with Crippen molar-refractivity contribution in [3.8, 4) is 0 Å². The van der Waals surface area contributed by atoms with Crippen molar-refractivity contribution in [2.75, 3.05) is 23.9 Å². The predicted octanol–water partition coefficient (Wildman–Crippen LogP) is 5.54. The number of amides is 1. The van der Waals surface area contributed by atoms with Crippen molar-refractivity contribution >= 4 is 28.8 Å². The standard InChI is InChI=1S/C26H20F4N2O3/c1-31(2)19-11-5-15(6-12-19)22-21(23(33)16-3-9-18(27)10-4-16)24(34)25(35)32(22)20-13-7-17(8-14-20)26(28,29)30/h3-14,22,33H,1-2H3/b23-21+. The Bertz CT molecular complexity index is 1300. The summed E-state index contributed by atoms with van der Waals surface area (Å²) in [6, 6.07) is 14.3. The number of alkyl halides is 3. The van der Waals surface area contributed by atoms with E-state index in [1.165, 1.54) is 12.1 Å². The molecular formula is C26H20F4N2O3. The Morgan fingerprint density at radius 3 is 1.97 bits per heavy atom. The Labute approximate surface area is 198 Å². The average Bonchev–Trinajstić information content (AvgIpc) is 3.09. The Hall–Kier alpha value is -4.14. The Kier molecular flexibility index (Phi) is 6.10. The summed E-state index contributed by atoms with van der Waals surface area (Å²) in [5.41, 5.74) is 0.305. The Morgan fingerprint density at radius 1 is 0.886 bits per heavy atom. The highest BCUT2D eigenvalue weighted by Crippen LogP contribution is 2.43. The number of ketones is 1. The smallest absolute Gasteiger partial charge is 0.416 e. The van der Waals surface area contributed by atoms with Crippen LogP contribution in [-0.2, 0) is 15.8 Å². The summed E-state index contributed by atoms with van der Waals surface area (Å²) in [5, 5.41) is 11.0. The molecule has 0 aromatic heterocycles. The highest BCUT2D eigenvalue weighted by molar-refractivity contribution is 6.51. The number of hydrogen-bond donors (Lipinski definition) is 1. The van der Waals surface area contributed by atoms with Crippen molar-refractivity contribution in [3.05, 3.63) is 101 Å². The van der Waals surface area contributed by atoms with E-state index >= 15 is 0 Å². The highest BCUT2D eigenvalue weighted by Gasteiger charge is 2.47. The molecule has 4 rings (SSSR count). The quantitative estimate of drug-likeness (QED) is 0.229. The Morgan fingerprint density at radius 2 is 1.46 bits per heavy atom. The minimum absolute atomic E-state index is 0.0555. The molecule has 1 saturated heterocycles. The van der Waals surface area contributed by atoms with Gasteiger partial charge in [0.25, 0.3) is 11.7 Å². The lowest BCUT2D eigenvalue weighted by Crippen LogP contribution is -2.29. The fourth-order valence-corrected chi connectivity index (χ4v) is 3.94. The van der Waals surface area contributed by atoms with Gasteiger partial charge in [-0.15, -0.1) is 0 Å². The number of halogens is 4. The third kappa shape index (κ3) is 4.49. The summed E-state index contributed by atoms with van der Waals surface area (Å²) in [4.78, 5) is 29.1. The molecule has 3 aromatic carbocycles. The zero-order chi connectivity index (χ0) is 25.5. The van der Waals surface area contributed by atoms with E-state index in [2.05, 4.69) is 0 Å². The molecule has 5 nitrogen and oxygen atoms in total. The fraction of sp³-hybridized carbons (Fsp3) is 0.154. The van der Waals surface area contributed by atoms with Crippen LogP contribution in [0.1, 0.15) is 22.7 Å². The first-order valence-electron chi connectivity index (χ1n) is 10.5. The largest absolute Gasteiger partial charge is 0.507 e. The minimum atomic E-state index is -4.57. The predicted molar refractivity (Wildman–Crippen MR) is 123 cm³/mol. The van der Waals surface area contributed by atoms with E-state index in [1.807, 2.05) is 19.0 Å². The van der Waals surface area contributed by atoms with Gasteiger partial charge >= 0.3 is 6.18 Å². The summed E-state index contributed by atoms with van der Waals surface area (Å²) < 4.78 is 52.6. The van der Waals surface area contributed by atoms with Gasteiger partial charge in [-0.3, -0.25) is 14.5 Å². The molecule has 35 heavy (non-hydrogen) atoms. The number of anilines is 2. The molecular weight excluding hydrogens is 464 g/mol. The van der Waals surface area contributed by atoms with Crippen molar-refractivity contribution in [1.82, 2.24) is 0 Å². The molecule has 1 N–H and O–H groups in total. The number of carbonyl (C=O) groups excluding carboxylic acids is 2. The molecule has 1 unspecified atom stereocenters. The lowest BCUT2D eigenvalue weighted by Gasteiger charge is -2.26. The monoisotopic (exact) mass is 484 g/mol. The molecule has 0 bridgehead atoms. The van der Waals surface area contributed by atoms with Gasteiger partial charge in [0.1, 0.15) is 11.6 Å². The summed E-state index contributed by atoms with van der Waals surface area (Å²) in [5.74, 6) is -3.08. The lowest BCUT2D eigenvalue weighted by atomic mass is 9.95. The number of rotatable bonds is 4. The molecule has 1 heterocycles. The van der Waals surface area contributed by atoms with Crippen LogP contribution in [0.4, 0.5) is 28.9 Å². The number of carbonyl (C=O) groups is 2. The first-order chi connectivity index (χ1) is 16.5. The van der Waals surface area contributed by atoms with Crippen LogP contribution in [0.3, 0.4) is 0 Å². The molecule has 3 aromatic rings. The van der Waals surface area contributed by atoms with Gasteiger partial charge in [0.15, 0.2) is 0 Å². The maximum Gasteiger partial charge on any atom is 0.416 e. The van der Waals surface area contributed by atoms with Gasteiger partial charge in [-0.05, 0) is 66.2 Å². The maximum absolute atomic E-state index is 13.4. The molecule has 1 aliphatic heterocycles. The maximum atomic E-state index is 13.4. The van der Waals surface area contributed by atoms with E-state index in [9.17, 15) is 32.3 Å². The van der Waals surface area contributed by atoms with E-state index in [4.69, 9.17) is 0 Å². The number of aliphatic hydroxyl groups excluding tert-OH is 1.